The highest BCUT2D eigenvalue weighted by Crippen LogP contribution is 2.24. The molecule has 0 bridgehead atoms. The van der Waals surface area contributed by atoms with Crippen molar-refractivity contribution in [2.24, 2.45) is 0 Å². The highest BCUT2D eigenvalue weighted by molar-refractivity contribution is 7.92. The summed E-state index contributed by atoms with van der Waals surface area (Å²) in [6.07, 6.45) is 0.512. The Morgan fingerprint density at radius 3 is 2.45 bits per heavy atom. The number of nitrogens with zero attached hydrogens (tertiary/aromatic N) is 3. The lowest BCUT2D eigenvalue weighted by molar-refractivity contribution is 0.518. The molecule has 0 aliphatic carbocycles. The average molecular weight is 430 g/mol. The maximum Gasteiger partial charge on any atom is 0.261 e. The average Bonchev–Trinajstić information content (AvgIpc) is 3.24. The minimum Gasteiger partial charge on any atom is -0.420 e. The number of sulfonamides is 1. The maximum absolute atomic E-state index is 12.6. The van der Waals surface area contributed by atoms with Crippen LogP contribution in [0.1, 0.15) is 22.6 Å². The number of nitrogens with one attached hydrogen (secondary N) is 1. The van der Waals surface area contributed by atoms with Crippen LogP contribution in [0.5, 0.6) is 0 Å². The van der Waals surface area contributed by atoms with Gasteiger partial charge in [-0.15, -0.1) is 10.2 Å². The van der Waals surface area contributed by atoms with E-state index in [0.29, 0.717) is 35.0 Å². The molecule has 0 aliphatic heterocycles. The van der Waals surface area contributed by atoms with Crippen LogP contribution in [0.25, 0.3) is 11.5 Å². The summed E-state index contributed by atoms with van der Waals surface area (Å²) in [4.78, 5) is 0.0649. The van der Waals surface area contributed by atoms with Crippen molar-refractivity contribution in [3.8, 4) is 17.5 Å². The highest BCUT2D eigenvalue weighted by atomic mass is 32.2. The fourth-order valence-electron chi connectivity index (χ4n) is 2.96. The SMILES string of the molecule is Cc1ccc(Cc2nnc(-c3cccc(NS(=O)(=O)c4ccc(C#N)cc4)c3)o2)cc1. The van der Waals surface area contributed by atoms with Crippen LogP contribution in [-0.4, -0.2) is 18.6 Å². The Morgan fingerprint density at radius 1 is 1.00 bits per heavy atom. The Balaban J connectivity index is 1.52. The molecule has 8 heteroatoms. The first kappa shape index (κ1) is 20.3. The van der Waals surface area contributed by atoms with Crippen LogP contribution in [0, 0.1) is 18.3 Å². The monoisotopic (exact) mass is 430 g/mol. The summed E-state index contributed by atoms with van der Waals surface area (Å²) in [6, 6.07) is 22.5. The van der Waals surface area contributed by atoms with Crippen LogP contribution >= 0.6 is 0 Å². The highest BCUT2D eigenvalue weighted by Gasteiger charge is 2.16. The second kappa shape index (κ2) is 8.42. The third-order valence-electron chi connectivity index (χ3n) is 4.60. The van der Waals surface area contributed by atoms with E-state index in [0.717, 1.165) is 5.56 Å². The van der Waals surface area contributed by atoms with Gasteiger partial charge in [-0.1, -0.05) is 35.9 Å². The first-order chi connectivity index (χ1) is 14.9. The van der Waals surface area contributed by atoms with Gasteiger partial charge in [-0.05, 0) is 55.0 Å². The molecule has 0 amide bonds. The molecule has 0 radical (unpaired) electrons. The molecule has 0 spiro atoms. The van der Waals surface area contributed by atoms with E-state index >= 15 is 0 Å². The van der Waals surface area contributed by atoms with Gasteiger partial charge >= 0.3 is 0 Å². The number of rotatable bonds is 6. The van der Waals surface area contributed by atoms with Gasteiger partial charge in [0.05, 0.1) is 22.9 Å². The molecular weight excluding hydrogens is 412 g/mol. The topological polar surface area (TPSA) is 109 Å². The van der Waals surface area contributed by atoms with Gasteiger partial charge in [-0.3, -0.25) is 4.72 Å². The second-order valence-corrected chi connectivity index (χ2v) is 8.67. The lowest BCUT2D eigenvalue weighted by Gasteiger charge is -2.08. The normalized spacial score (nSPS) is 11.1. The van der Waals surface area contributed by atoms with E-state index in [-0.39, 0.29) is 4.90 Å². The fraction of sp³-hybridized carbons (Fsp3) is 0.0870. The van der Waals surface area contributed by atoms with Gasteiger partial charge in [0, 0.05) is 11.3 Å². The Bertz CT molecular complexity index is 1350. The molecule has 0 saturated carbocycles. The Morgan fingerprint density at radius 2 is 1.74 bits per heavy atom. The van der Waals surface area contributed by atoms with Crippen LogP contribution in [-0.2, 0) is 16.4 Å². The first-order valence-electron chi connectivity index (χ1n) is 9.44. The smallest absolute Gasteiger partial charge is 0.261 e. The van der Waals surface area contributed by atoms with Crippen molar-refractivity contribution in [3.63, 3.8) is 0 Å². The van der Waals surface area contributed by atoms with Gasteiger partial charge in [0.15, 0.2) is 0 Å². The second-order valence-electron chi connectivity index (χ2n) is 6.99. The van der Waals surface area contributed by atoms with Crippen LogP contribution in [0.2, 0.25) is 0 Å². The molecule has 1 N–H and O–H groups in total. The number of aromatic nitrogens is 2. The van der Waals surface area contributed by atoms with Crippen LogP contribution in [0.4, 0.5) is 5.69 Å². The van der Waals surface area contributed by atoms with E-state index in [1.165, 1.54) is 29.8 Å². The zero-order valence-corrected chi connectivity index (χ0v) is 17.4. The molecular formula is C23H18N4O3S. The molecule has 1 aromatic heterocycles. The van der Waals surface area contributed by atoms with E-state index in [2.05, 4.69) is 14.9 Å². The molecule has 4 rings (SSSR count). The van der Waals surface area contributed by atoms with E-state index in [9.17, 15) is 8.42 Å². The van der Waals surface area contributed by atoms with Crippen molar-refractivity contribution in [3.05, 3.63) is 95.4 Å². The molecule has 31 heavy (non-hydrogen) atoms. The van der Waals surface area contributed by atoms with Crippen LogP contribution in [0.3, 0.4) is 0 Å². The van der Waals surface area contributed by atoms with E-state index in [1.54, 1.807) is 24.3 Å². The predicted octanol–water partition coefficient (Wildman–Crippen LogP) is 4.31. The van der Waals surface area contributed by atoms with E-state index < -0.39 is 10.0 Å². The van der Waals surface area contributed by atoms with E-state index in [1.807, 2.05) is 37.3 Å². The number of anilines is 1. The summed E-state index contributed by atoms with van der Waals surface area (Å²) in [5.74, 6) is 0.781. The van der Waals surface area contributed by atoms with Gasteiger partial charge in [0.25, 0.3) is 10.0 Å². The first-order valence-corrected chi connectivity index (χ1v) is 10.9. The summed E-state index contributed by atoms with van der Waals surface area (Å²) >= 11 is 0. The van der Waals surface area contributed by atoms with Gasteiger partial charge in [0.1, 0.15) is 0 Å². The zero-order valence-electron chi connectivity index (χ0n) is 16.6. The Hall–Kier alpha value is -3.96. The zero-order chi connectivity index (χ0) is 21.8. The number of hydrogen-bond donors (Lipinski definition) is 1. The van der Waals surface area contributed by atoms with Gasteiger partial charge in [-0.2, -0.15) is 5.26 Å². The molecule has 7 nitrogen and oxygen atoms in total. The quantitative estimate of drug-likeness (QED) is 0.488. The molecule has 0 fully saturated rings. The summed E-state index contributed by atoms with van der Waals surface area (Å²) in [5, 5.41) is 17.1. The summed E-state index contributed by atoms with van der Waals surface area (Å²) in [5.41, 5.74) is 3.58. The van der Waals surface area contributed by atoms with Gasteiger partial charge in [-0.25, -0.2) is 8.42 Å². The minimum absolute atomic E-state index is 0.0649. The summed E-state index contributed by atoms with van der Waals surface area (Å²) in [7, 11) is -3.80. The van der Waals surface area contributed by atoms with Crippen molar-refractivity contribution in [2.75, 3.05) is 4.72 Å². The van der Waals surface area contributed by atoms with Crippen molar-refractivity contribution in [1.29, 1.82) is 5.26 Å². The number of hydrogen-bond acceptors (Lipinski definition) is 6. The molecule has 3 aromatic carbocycles. The largest absolute Gasteiger partial charge is 0.420 e. The molecule has 1 heterocycles. The third-order valence-corrected chi connectivity index (χ3v) is 6.00. The maximum atomic E-state index is 12.6. The van der Waals surface area contributed by atoms with Crippen molar-refractivity contribution in [2.45, 2.75) is 18.2 Å². The fourth-order valence-corrected chi connectivity index (χ4v) is 4.01. The van der Waals surface area contributed by atoms with Crippen molar-refractivity contribution in [1.82, 2.24) is 10.2 Å². The van der Waals surface area contributed by atoms with E-state index in [4.69, 9.17) is 9.68 Å². The Labute approximate surface area is 180 Å². The summed E-state index contributed by atoms with van der Waals surface area (Å²) < 4.78 is 33.6. The lowest BCUT2D eigenvalue weighted by Crippen LogP contribution is -2.12. The molecule has 154 valence electrons. The molecule has 0 atom stereocenters. The Kier molecular flexibility index (Phi) is 5.52. The predicted molar refractivity (Wildman–Crippen MR) is 116 cm³/mol. The van der Waals surface area contributed by atoms with Gasteiger partial charge in [0.2, 0.25) is 11.8 Å². The molecule has 4 aromatic rings. The number of benzene rings is 3. The number of nitriles is 1. The van der Waals surface area contributed by atoms with Crippen LogP contribution in [0.15, 0.2) is 82.1 Å². The lowest BCUT2D eigenvalue weighted by atomic mass is 10.1. The molecule has 0 unspecified atom stereocenters. The molecule has 0 saturated heterocycles. The standard InChI is InChI=1S/C23H18N4O3S/c1-16-5-7-17(8-6-16)13-22-25-26-23(30-22)19-3-2-4-20(14-19)27-31(28,29)21-11-9-18(15-24)10-12-21/h2-12,14,27H,13H2,1H3. The number of aryl methyl sites for hydroxylation is 1. The van der Waals surface area contributed by atoms with Gasteiger partial charge < -0.3 is 4.42 Å². The van der Waals surface area contributed by atoms with Crippen molar-refractivity contribution < 1.29 is 12.8 Å². The minimum atomic E-state index is -3.80. The third kappa shape index (κ3) is 4.79. The van der Waals surface area contributed by atoms with Crippen LogP contribution < -0.4 is 4.72 Å². The van der Waals surface area contributed by atoms with Crippen molar-refractivity contribution >= 4 is 15.7 Å². The summed E-state index contributed by atoms with van der Waals surface area (Å²) in [6.45, 7) is 2.02. The molecule has 0 aliphatic rings.